The maximum absolute atomic E-state index is 12.7. The quantitative estimate of drug-likeness (QED) is 0.390. The molecule has 0 aromatic heterocycles. The average Bonchev–Trinajstić information content (AvgIpc) is 2.01. The standard InChI is InChI=1S/C7H17F2N3/c8-7(9,3-1-4-10)12-6-2-5-11/h12H,1-6,10-11H2. The van der Waals surface area contributed by atoms with Gasteiger partial charge in [-0.1, -0.05) is 0 Å². The zero-order valence-corrected chi connectivity index (χ0v) is 7.15. The van der Waals surface area contributed by atoms with Gasteiger partial charge in [-0.25, -0.2) is 0 Å². The van der Waals surface area contributed by atoms with Crippen molar-refractivity contribution in [1.82, 2.24) is 5.32 Å². The van der Waals surface area contributed by atoms with E-state index in [4.69, 9.17) is 11.5 Å². The van der Waals surface area contributed by atoms with Crippen molar-refractivity contribution in [2.24, 2.45) is 11.5 Å². The Morgan fingerprint density at radius 2 is 1.67 bits per heavy atom. The summed E-state index contributed by atoms with van der Waals surface area (Å²) >= 11 is 0. The lowest BCUT2D eigenvalue weighted by molar-refractivity contribution is -0.0431. The maximum Gasteiger partial charge on any atom is 0.302 e. The second-order valence-electron chi connectivity index (χ2n) is 2.67. The first-order valence-electron chi connectivity index (χ1n) is 4.15. The summed E-state index contributed by atoms with van der Waals surface area (Å²) in [5, 5.41) is 2.13. The fourth-order valence-electron chi connectivity index (χ4n) is 0.786. The largest absolute Gasteiger partial charge is 0.330 e. The number of alkyl halides is 2. The Balaban J connectivity index is 3.42. The summed E-state index contributed by atoms with van der Waals surface area (Å²) in [4.78, 5) is 0. The minimum absolute atomic E-state index is 0.200. The Kier molecular flexibility index (Phi) is 6.14. The summed E-state index contributed by atoms with van der Waals surface area (Å²) in [7, 11) is 0. The third-order valence-corrected chi connectivity index (χ3v) is 1.46. The van der Waals surface area contributed by atoms with Gasteiger partial charge in [0.2, 0.25) is 0 Å². The van der Waals surface area contributed by atoms with Gasteiger partial charge in [-0.05, 0) is 25.9 Å². The van der Waals surface area contributed by atoms with E-state index in [0.717, 1.165) is 0 Å². The molecule has 74 valence electrons. The van der Waals surface area contributed by atoms with Gasteiger partial charge < -0.3 is 11.5 Å². The number of rotatable bonds is 7. The summed E-state index contributed by atoms with van der Waals surface area (Å²) in [6, 6.07) is -2.78. The molecule has 0 saturated heterocycles. The number of halogens is 2. The van der Waals surface area contributed by atoms with E-state index in [1.54, 1.807) is 0 Å². The highest BCUT2D eigenvalue weighted by atomic mass is 19.3. The van der Waals surface area contributed by atoms with Gasteiger partial charge in [-0.2, -0.15) is 8.78 Å². The summed E-state index contributed by atoms with van der Waals surface area (Å²) in [5.41, 5.74) is 10.3. The van der Waals surface area contributed by atoms with Crippen molar-refractivity contribution in [3.63, 3.8) is 0 Å². The Bertz CT molecular complexity index is 109. The van der Waals surface area contributed by atoms with Gasteiger partial charge in [0.25, 0.3) is 0 Å². The van der Waals surface area contributed by atoms with Crippen LogP contribution in [-0.4, -0.2) is 25.7 Å². The average molecular weight is 181 g/mol. The van der Waals surface area contributed by atoms with E-state index in [9.17, 15) is 8.78 Å². The Labute approximate surface area is 71.5 Å². The van der Waals surface area contributed by atoms with Crippen LogP contribution in [0.1, 0.15) is 19.3 Å². The SMILES string of the molecule is NCCCNC(F)(F)CCCN. The van der Waals surface area contributed by atoms with E-state index in [-0.39, 0.29) is 13.0 Å². The molecular weight excluding hydrogens is 164 g/mol. The van der Waals surface area contributed by atoms with Crippen LogP contribution in [0.15, 0.2) is 0 Å². The molecule has 0 rings (SSSR count). The minimum atomic E-state index is -2.78. The number of hydrogen-bond acceptors (Lipinski definition) is 3. The van der Waals surface area contributed by atoms with Crippen molar-refractivity contribution in [3.05, 3.63) is 0 Å². The Morgan fingerprint density at radius 3 is 2.17 bits per heavy atom. The van der Waals surface area contributed by atoms with Crippen LogP contribution < -0.4 is 16.8 Å². The summed E-state index contributed by atoms with van der Waals surface area (Å²) in [5.74, 6) is 0. The number of hydrogen-bond donors (Lipinski definition) is 3. The van der Waals surface area contributed by atoms with Crippen molar-refractivity contribution in [3.8, 4) is 0 Å². The van der Waals surface area contributed by atoms with Crippen LogP contribution in [0.5, 0.6) is 0 Å². The van der Waals surface area contributed by atoms with Crippen LogP contribution in [0.2, 0.25) is 0 Å². The highest BCUT2D eigenvalue weighted by Gasteiger charge is 2.25. The van der Waals surface area contributed by atoms with Crippen molar-refractivity contribution >= 4 is 0 Å². The number of nitrogens with two attached hydrogens (primary N) is 2. The molecule has 0 radical (unpaired) electrons. The molecule has 0 saturated carbocycles. The molecule has 0 aliphatic rings. The van der Waals surface area contributed by atoms with Crippen LogP contribution in [0.3, 0.4) is 0 Å². The molecule has 0 aromatic rings. The molecule has 0 atom stereocenters. The first-order valence-corrected chi connectivity index (χ1v) is 4.15. The molecule has 0 amide bonds. The molecule has 0 bridgehead atoms. The first kappa shape index (κ1) is 11.7. The molecule has 0 aliphatic carbocycles. The van der Waals surface area contributed by atoms with Gasteiger partial charge in [-0.3, -0.25) is 5.32 Å². The predicted molar refractivity (Wildman–Crippen MR) is 44.9 cm³/mol. The van der Waals surface area contributed by atoms with Gasteiger partial charge in [0.05, 0.1) is 0 Å². The van der Waals surface area contributed by atoms with Crippen LogP contribution in [0, 0.1) is 0 Å². The molecule has 12 heavy (non-hydrogen) atoms. The van der Waals surface area contributed by atoms with Gasteiger partial charge in [0.1, 0.15) is 0 Å². The van der Waals surface area contributed by atoms with Gasteiger partial charge in [-0.15, -0.1) is 0 Å². The van der Waals surface area contributed by atoms with E-state index in [1.807, 2.05) is 0 Å². The van der Waals surface area contributed by atoms with E-state index >= 15 is 0 Å². The Morgan fingerprint density at radius 1 is 1.08 bits per heavy atom. The topological polar surface area (TPSA) is 64.1 Å². The highest BCUT2D eigenvalue weighted by molar-refractivity contribution is 4.63. The molecule has 0 aromatic carbocycles. The zero-order valence-electron chi connectivity index (χ0n) is 7.15. The van der Waals surface area contributed by atoms with Crippen LogP contribution in [-0.2, 0) is 0 Å². The molecule has 0 heterocycles. The van der Waals surface area contributed by atoms with Crippen LogP contribution in [0.4, 0.5) is 8.78 Å². The second-order valence-corrected chi connectivity index (χ2v) is 2.67. The van der Waals surface area contributed by atoms with Gasteiger partial charge >= 0.3 is 6.05 Å². The van der Waals surface area contributed by atoms with Gasteiger partial charge in [0.15, 0.2) is 0 Å². The highest BCUT2D eigenvalue weighted by Crippen LogP contribution is 2.15. The van der Waals surface area contributed by atoms with Gasteiger partial charge in [0, 0.05) is 13.0 Å². The second kappa shape index (κ2) is 6.28. The molecule has 0 unspecified atom stereocenters. The van der Waals surface area contributed by atoms with Crippen molar-refractivity contribution in [2.45, 2.75) is 25.3 Å². The third-order valence-electron chi connectivity index (χ3n) is 1.46. The van der Waals surface area contributed by atoms with Crippen LogP contribution >= 0.6 is 0 Å². The normalized spacial score (nSPS) is 12.0. The first-order chi connectivity index (χ1) is 5.62. The molecule has 0 spiro atoms. The third kappa shape index (κ3) is 6.45. The van der Waals surface area contributed by atoms with E-state index < -0.39 is 6.05 Å². The lowest BCUT2D eigenvalue weighted by Crippen LogP contribution is -2.38. The number of nitrogens with one attached hydrogen (secondary N) is 1. The lowest BCUT2D eigenvalue weighted by Gasteiger charge is -2.16. The van der Waals surface area contributed by atoms with Crippen molar-refractivity contribution in [1.29, 1.82) is 0 Å². The summed E-state index contributed by atoms with van der Waals surface area (Å²) in [6.07, 6.45) is 0.703. The summed E-state index contributed by atoms with van der Waals surface area (Å²) in [6.45, 7) is 0.988. The van der Waals surface area contributed by atoms with Crippen LogP contribution in [0.25, 0.3) is 0 Å². The molecule has 5 heteroatoms. The molecular formula is C7H17F2N3. The summed E-state index contributed by atoms with van der Waals surface area (Å²) < 4.78 is 25.5. The lowest BCUT2D eigenvalue weighted by atomic mass is 10.2. The Hall–Kier alpha value is -0.260. The molecule has 5 N–H and O–H groups in total. The predicted octanol–water partition coefficient (Wildman–Crippen LogP) is 0.257. The molecule has 0 fully saturated rings. The van der Waals surface area contributed by atoms with E-state index in [2.05, 4.69) is 5.32 Å². The maximum atomic E-state index is 12.7. The zero-order chi connectivity index (χ0) is 9.45. The molecule has 3 nitrogen and oxygen atoms in total. The van der Waals surface area contributed by atoms with Crippen molar-refractivity contribution < 1.29 is 8.78 Å². The minimum Gasteiger partial charge on any atom is -0.330 e. The monoisotopic (exact) mass is 181 g/mol. The van der Waals surface area contributed by atoms with Crippen molar-refractivity contribution in [2.75, 3.05) is 19.6 Å². The fourth-order valence-corrected chi connectivity index (χ4v) is 0.786. The smallest absolute Gasteiger partial charge is 0.302 e. The van der Waals surface area contributed by atoms with E-state index in [0.29, 0.717) is 25.9 Å². The molecule has 0 aliphatic heterocycles. The van der Waals surface area contributed by atoms with E-state index in [1.165, 1.54) is 0 Å². The fraction of sp³-hybridized carbons (Fsp3) is 1.00.